The van der Waals surface area contributed by atoms with Crippen LogP contribution in [0.2, 0.25) is 0 Å². The molecule has 1 rings (SSSR count). The van der Waals surface area contributed by atoms with Crippen LogP contribution in [0.3, 0.4) is 0 Å². The maximum absolute atomic E-state index is 3.82. The van der Waals surface area contributed by atoms with Crippen molar-refractivity contribution in [3.05, 3.63) is 36.0 Å². The van der Waals surface area contributed by atoms with E-state index in [2.05, 4.69) is 39.5 Å². The Labute approximate surface area is 75.7 Å². The van der Waals surface area contributed by atoms with Crippen LogP contribution in [-0.4, -0.2) is 0 Å². The number of hydrogen-bond donors (Lipinski definition) is 0. The first-order chi connectivity index (χ1) is 5.57. The summed E-state index contributed by atoms with van der Waals surface area (Å²) in [5, 5.41) is 0. The summed E-state index contributed by atoms with van der Waals surface area (Å²) >= 11 is 0. The smallest absolute Gasteiger partial charge is 0.0224 e. The van der Waals surface area contributed by atoms with E-state index in [4.69, 9.17) is 0 Å². The highest BCUT2D eigenvalue weighted by Crippen LogP contribution is 2.37. The van der Waals surface area contributed by atoms with E-state index in [9.17, 15) is 0 Å². The molecule has 66 valence electrons. The molecule has 1 aliphatic carbocycles. The van der Waals surface area contributed by atoms with E-state index in [0.29, 0.717) is 5.41 Å². The van der Waals surface area contributed by atoms with Gasteiger partial charge in [0, 0.05) is 0 Å². The summed E-state index contributed by atoms with van der Waals surface area (Å²) in [6.45, 7) is 10.6. The minimum Gasteiger partial charge on any atom is -0.0988 e. The van der Waals surface area contributed by atoms with Gasteiger partial charge in [-0.3, -0.25) is 0 Å². The molecule has 0 unspecified atom stereocenters. The first kappa shape index (κ1) is 9.31. The molecule has 0 spiro atoms. The van der Waals surface area contributed by atoms with Gasteiger partial charge in [0.1, 0.15) is 0 Å². The fraction of sp³-hybridized carbons (Fsp3) is 0.500. The summed E-state index contributed by atoms with van der Waals surface area (Å²) in [6, 6.07) is 0. The Kier molecular flexibility index (Phi) is 2.56. The predicted octanol–water partition coefficient (Wildman–Crippen LogP) is 3.87. The van der Waals surface area contributed by atoms with Gasteiger partial charge in [-0.1, -0.05) is 44.2 Å². The van der Waals surface area contributed by atoms with Crippen LogP contribution in [0.25, 0.3) is 0 Å². The van der Waals surface area contributed by atoms with Crippen molar-refractivity contribution in [2.45, 2.75) is 33.6 Å². The minimum atomic E-state index is 0.417. The van der Waals surface area contributed by atoms with Crippen molar-refractivity contribution in [3.63, 3.8) is 0 Å². The largest absolute Gasteiger partial charge is 0.0988 e. The average Bonchev–Trinajstić information content (AvgIpc) is 2.01. The van der Waals surface area contributed by atoms with Gasteiger partial charge in [0.25, 0.3) is 0 Å². The highest BCUT2D eigenvalue weighted by atomic mass is 14.3. The summed E-state index contributed by atoms with van der Waals surface area (Å²) in [6.07, 6.45) is 8.79. The molecule has 0 aromatic heterocycles. The average molecular weight is 162 g/mol. The number of allylic oxidation sites excluding steroid dienone is 5. The third kappa shape index (κ3) is 2.10. The van der Waals surface area contributed by atoms with Crippen LogP contribution in [0.4, 0.5) is 0 Å². The van der Waals surface area contributed by atoms with Gasteiger partial charge in [0.15, 0.2) is 0 Å². The number of rotatable bonds is 1. The zero-order valence-corrected chi connectivity index (χ0v) is 8.35. The molecule has 0 bridgehead atoms. The van der Waals surface area contributed by atoms with Crippen molar-refractivity contribution in [2.24, 2.45) is 5.41 Å². The Balaban J connectivity index is 2.93. The summed E-state index contributed by atoms with van der Waals surface area (Å²) in [5.41, 5.74) is 3.24. The Hall–Kier alpha value is -0.780. The Morgan fingerprint density at radius 1 is 1.42 bits per heavy atom. The van der Waals surface area contributed by atoms with E-state index in [-0.39, 0.29) is 0 Å². The Bertz CT molecular complexity index is 239. The van der Waals surface area contributed by atoms with Crippen molar-refractivity contribution in [2.75, 3.05) is 0 Å². The van der Waals surface area contributed by atoms with Crippen molar-refractivity contribution < 1.29 is 0 Å². The molecule has 0 aliphatic heterocycles. The molecule has 1 aliphatic rings. The molecular formula is C12H18. The maximum Gasteiger partial charge on any atom is -0.0224 e. The van der Waals surface area contributed by atoms with Crippen molar-refractivity contribution in [1.29, 1.82) is 0 Å². The molecule has 0 heterocycles. The van der Waals surface area contributed by atoms with Gasteiger partial charge >= 0.3 is 0 Å². The second kappa shape index (κ2) is 3.30. The molecule has 0 N–H and O–H groups in total. The molecule has 0 aromatic carbocycles. The van der Waals surface area contributed by atoms with Crippen LogP contribution < -0.4 is 0 Å². The van der Waals surface area contributed by atoms with E-state index in [1.807, 2.05) is 6.08 Å². The van der Waals surface area contributed by atoms with Crippen molar-refractivity contribution in [3.8, 4) is 0 Å². The van der Waals surface area contributed by atoms with Gasteiger partial charge in [-0.2, -0.15) is 0 Å². The lowest BCUT2D eigenvalue weighted by molar-refractivity contribution is 0.355. The number of hydrogen-bond acceptors (Lipinski definition) is 0. The third-order valence-electron chi connectivity index (χ3n) is 2.37. The SMILES string of the molecule is C=CC1=C/C(=C/C)CC(C)(C)C1. The van der Waals surface area contributed by atoms with Gasteiger partial charge in [0.05, 0.1) is 0 Å². The fourth-order valence-electron chi connectivity index (χ4n) is 1.82. The Morgan fingerprint density at radius 3 is 2.58 bits per heavy atom. The van der Waals surface area contributed by atoms with E-state index < -0.39 is 0 Å². The molecule has 0 heteroatoms. The van der Waals surface area contributed by atoms with Gasteiger partial charge in [-0.05, 0) is 30.8 Å². The van der Waals surface area contributed by atoms with Crippen LogP contribution >= 0.6 is 0 Å². The summed E-state index contributed by atoms with van der Waals surface area (Å²) in [7, 11) is 0. The second-order valence-corrected chi connectivity index (χ2v) is 4.30. The minimum absolute atomic E-state index is 0.417. The van der Waals surface area contributed by atoms with E-state index in [1.165, 1.54) is 17.6 Å². The Morgan fingerprint density at radius 2 is 2.08 bits per heavy atom. The summed E-state index contributed by atoms with van der Waals surface area (Å²) in [5.74, 6) is 0. The highest BCUT2D eigenvalue weighted by Gasteiger charge is 2.23. The summed E-state index contributed by atoms with van der Waals surface area (Å²) in [4.78, 5) is 0. The topological polar surface area (TPSA) is 0 Å². The zero-order valence-electron chi connectivity index (χ0n) is 8.35. The van der Waals surface area contributed by atoms with Crippen LogP contribution in [0.15, 0.2) is 36.0 Å². The predicted molar refractivity (Wildman–Crippen MR) is 55.1 cm³/mol. The zero-order chi connectivity index (χ0) is 9.19. The lowest BCUT2D eigenvalue weighted by atomic mass is 9.75. The molecule has 12 heavy (non-hydrogen) atoms. The lowest BCUT2D eigenvalue weighted by Crippen LogP contribution is -2.16. The standard InChI is InChI=1S/C12H18/c1-5-10-7-11(6-2)9-12(3,4)8-10/h5-7H,1,8-9H2,2-4H3/b11-6-. The van der Waals surface area contributed by atoms with E-state index >= 15 is 0 Å². The van der Waals surface area contributed by atoms with Crippen LogP contribution in [0.1, 0.15) is 33.6 Å². The molecular weight excluding hydrogens is 144 g/mol. The third-order valence-corrected chi connectivity index (χ3v) is 2.37. The van der Waals surface area contributed by atoms with Gasteiger partial charge in [-0.25, -0.2) is 0 Å². The quantitative estimate of drug-likeness (QED) is 0.549. The molecule has 0 nitrogen and oxygen atoms in total. The maximum atomic E-state index is 3.82. The fourth-order valence-corrected chi connectivity index (χ4v) is 1.82. The van der Waals surface area contributed by atoms with Crippen LogP contribution in [0, 0.1) is 5.41 Å². The first-order valence-electron chi connectivity index (χ1n) is 4.55. The van der Waals surface area contributed by atoms with Crippen molar-refractivity contribution >= 4 is 0 Å². The molecule has 0 radical (unpaired) electrons. The second-order valence-electron chi connectivity index (χ2n) is 4.30. The van der Waals surface area contributed by atoms with Gasteiger partial charge < -0.3 is 0 Å². The summed E-state index contributed by atoms with van der Waals surface area (Å²) < 4.78 is 0. The van der Waals surface area contributed by atoms with E-state index in [0.717, 1.165) is 6.42 Å². The monoisotopic (exact) mass is 162 g/mol. The molecule has 0 saturated heterocycles. The molecule has 0 atom stereocenters. The highest BCUT2D eigenvalue weighted by molar-refractivity contribution is 5.34. The van der Waals surface area contributed by atoms with Crippen LogP contribution in [-0.2, 0) is 0 Å². The van der Waals surface area contributed by atoms with Gasteiger partial charge in [0.2, 0.25) is 0 Å². The first-order valence-corrected chi connectivity index (χ1v) is 4.55. The molecule has 0 aromatic rings. The molecule has 0 amide bonds. The molecule has 0 saturated carbocycles. The molecule has 0 fully saturated rings. The van der Waals surface area contributed by atoms with Crippen molar-refractivity contribution in [1.82, 2.24) is 0 Å². The lowest BCUT2D eigenvalue weighted by Gasteiger charge is -2.30. The van der Waals surface area contributed by atoms with Gasteiger partial charge in [-0.15, -0.1) is 0 Å². The van der Waals surface area contributed by atoms with Crippen LogP contribution in [0.5, 0.6) is 0 Å². The normalized spacial score (nSPS) is 25.2. The van der Waals surface area contributed by atoms with E-state index in [1.54, 1.807) is 0 Å².